The maximum Gasteiger partial charge on any atom is 0.227 e. The smallest absolute Gasteiger partial charge is 0.227 e. The summed E-state index contributed by atoms with van der Waals surface area (Å²) >= 11 is 0. The minimum absolute atomic E-state index is 0.0246. The molecule has 0 saturated heterocycles. The molecule has 1 amide bonds. The molecule has 0 unspecified atom stereocenters. The molecule has 98 valence electrons. The van der Waals surface area contributed by atoms with Crippen molar-refractivity contribution >= 4 is 11.6 Å². The number of nitrogens with one attached hydrogen (secondary N) is 1. The number of carbonyl (C=O) groups excluding carboxylic acids is 1. The van der Waals surface area contributed by atoms with Crippen molar-refractivity contribution in [1.82, 2.24) is 0 Å². The van der Waals surface area contributed by atoms with Gasteiger partial charge in [0.2, 0.25) is 5.91 Å². The molecule has 4 heteroatoms. The summed E-state index contributed by atoms with van der Waals surface area (Å²) in [5.41, 5.74) is 7.25. The number of hydrogen-bond acceptors (Lipinski definition) is 2. The zero-order valence-corrected chi connectivity index (χ0v) is 10.6. The molecule has 1 aromatic rings. The number of benzene rings is 1. The average molecular weight is 250 g/mol. The number of hydrogen-bond donors (Lipinski definition) is 2. The van der Waals surface area contributed by atoms with E-state index in [0.717, 1.165) is 31.2 Å². The van der Waals surface area contributed by atoms with Crippen molar-refractivity contribution in [1.29, 1.82) is 0 Å². The summed E-state index contributed by atoms with van der Waals surface area (Å²) in [5.74, 6) is -0.222. The summed E-state index contributed by atoms with van der Waals surface area (Å²) in [7, 11) is 0. The molecule has 0 spiro atoms. The van der Waals surface area contributed by atoms with E-state index in [9.17, 15) is 9.18 Å². The van der Waals surface area contributed by atoms with Gasteiger partial charge in [0.25, 0.3) is 0 Å². The molecule has 1 aromatic carbocycles. The Morgan fingerprint density at radius 1 is 1.33 bits per heavy atom. The quantitative estimate of drug-likeness (QED) is 0.847. The predicted molar refractivity (Wildman–Crippen MR) is 69.7 cm³/mol. The Morgan fingerprint density at radius 2 is 2.00 bits per heavy atom. The standard InChI is InChI=1S/C14H19FN2O/c1-9-8-11(15)4-7-13(9)17-14(18)10-2-5-12(16)6-3-10/h4,7-8,10,12H,2-3,5-6,16H2,1H3,(H,17,18). The van der Waals surface area contributed by atoms with Crippen LogP contribution in [-0.2, 0) is 4.79 Å². The molecule has 3 N–H and O–H groups in total. The molecule has 3 nitrogen and oxygen atoms in total. The third-order valence-electron chi connectivity index (χ3n) is 3.59. The summed E-state index contributed by atoms with van der Waals surface area (Å²) in [5, 5.41) is 2.88. The number of aryl methyl sites for hydroxylation is 1. The lowest BCUT2D eigenvalue weighted by atomic mass is 9.86. The van der Waals surface area contributed by atoms with E-state index >= 15 is 0 Å². The highest BCUT2D eigenvalue weighted by Gasteiger charge is 2.24. The van der Waals surface area contributed by atoms with Crippen LogP contribution in [0.25, 0.3) is 0 Å². The first-order valence-corrected chi connectivity index (χ1v) is 6.39. The third-order valence-corrected chi connectivity index (χ3v) is 3.59. The predicted octanol–water partition coefficient (Wildman–Crippen LogP) is 2.59. The first kappa shape index (κ1) is 13.0. The molecule has 0 aromatic heterocycles. The normalized spacial score (nSPS) is 23.7. The van der Waals surface area contributed by atoms with Crippen molar-refractivity contribution in [2.45, 2.75) is 38.6 Å². The fourth-order valence-corrected chi connectivity index (χ4v) is 2.38. The molecular formula is C14H19FN2O. The fourth-order valence-electron chi connectivity index (χ4n) is 2.38. The van der Waals surface area contributed by atoms with Crippen molar-refractivity contribution in [3.8, 4) is 0 Å². The van der Waals surface area contributed by atoms with Gasteiger partial charge in [0.1, 0.15) is 5.82 Å². The molecule has 1 saturated carbocycles. The average Bonchev–Trinajstić information content (AvgIpc) is 2.33. The molecule has 0 radical (unpaired) electrons. The summed E-state index contributed by atoms with van der Waals surface area (Å²) in [6.45, 7) is 1.79. The van der Waals surface area contributed by atoms with Crippen LogP contribution in [0.1, 0.15) is 31.2 Å². The lowest BCUT2D eigenvalue weighted by Gasteiger charge is -2.25. The minimum Gasteiger partial charge on any atom is -0.328 e. The Labute approximate surface area is 107 Å². The Balaban J connectivity index is 1.98. The van der Waals surface area contributed by atoms with Crippen LogP contribution in [0.3, 0.4) is 0 Å². The van der Waals surface area contributed by atoms with Crippen molar-refractivity contribution in [3.05, 3.63) is 29.6 Å². The summed E-state index contributed by atoms with van der Waals surface area (Å²) in [6, 6.07) is 4.63. The molecular weight excluding hydrogens is 231 g/mol. The Morgan fingerprint density at radius 3 is 2.61 bits per heavy atom. The van der Waals surface area contributed by atoms with Crippen molar-refractivity contribution < 1.29 is 9.18 Å². The summed E-state index contributed by atoms with van der Waals surface area (Å²) in [4.78, 5) is 12.1. The van der Waals surface area contributed by atoms with Crippen molar-refractivity contribution in [3.63, 3.8) is 0 Å². The van der Waals surface area contributed by atoms with Crippen LogP contribution < -0.4 is 11.1 Å². The number of anilines is 1. The lowest BCUT2D eigenvalue weighted by molar-refractivity contribution is -0.120. The molecule has 1 fully saturated rings. The number of carbonyl (C=O) groups is 1. The highest BCUT2D eigenvalue weighted by atomic mass is 19.1. The van der Waals surface area contributed by atoms with Crippen LogP contribution in [-0.4, -0.2) is 11.9 Å². The third kappa shape index (κ3) is 3.07. The topological polar surface area (TPSA) is 55.1 Å². The van der Waals surface area contributed by atoms with Crippen LogP contribution in [0.15, 0.2) is 18.2 Å². The molecule has 0 bridgehead atoms. The zero-order valence-electron chi connectivity index (χ0n) is 10.6. The van der Waals surface area contributed by atoms with Gasteiger partial charge in [-0.05, 0) is 56.4 Å². The second-order valence-electron chi connectivity index (χ2n) is 5.06. The SMILES string of the molecule is Cc1cc(F)ccc1NC(=O)C1CCC(N)CC1. The lowest BCUT2D eigenvalue weighted by Crippen LogP contribution is -2.32. The molecule has 2 rings (SSSR count). The molecule has 18 heavy (non-hydrogen) atoms. The monoisotopic (exact) mass is 250 g/mol. The van der Waals surface area contributed by atoms with Gasteiger partial charge in [0.15, 0.2) is 0 Å². The summed E-state index contributed by atoms with van der Waals surface area (Å²) in [6.07, 6.45) is 3.49. The first-order chi connectivity index (χ1) is 8.56. The summed E-state index contributed by atoms with van der Waals surface area (Å²) < 4.78 is 13.0. The first-order valence-electron chi connectivity index (χ1n) is 6.39. The van der Waals surface area contributed by atoms with Gasteiger partial charge >= 0.3 is 0 Å². The van der Waals surface area contributed by atoms with Crippen LogP contribution in [0.4, 0.5) is 10.1 Å². The Bertz CT molecular complexity index is 439. The van der Waals surface area contributed by atoms with Gasteiger partial charge in [0.05, 0.1) is 0 Å². The van der Waals surface area contributed by atoms with Gasteiger partial charge in [-0.2, -0.15) is 0 Å². The van der Waals surface area contributed by atoms with Gasteiger partial charge in [-0.25, -0.2) is 4.39 Å². The molecule has 1 aliphatic rings. The number of amides is 1. The molecule has 0 aliphatic heterocycles. The van der Waals surface area contributed by atoms with E-state index < -0.39 is 0 Å². The molecule has 1 aliphatic carbocycles. The van der Waals surface area contributed by atoms with Crippen LogP contribution >= 0.6 is 0 Å². The largest absolute Gasteiger partial charge is 0.328 e. The van der Waals surface area contributed by atoms with E-state index in [0.29, 0.717) is 5.69 Å². The van der Waals surface area contributed by atoms with Crippen LogP contribution in [0.2, 0.25) is 0 Å². The van der Waals surface area contributed by atoms with Crippen LogP contribution in [0.5, 0.6) is 0 Å². The van der Waals surface area contributed by atoms with Gasteiger partial charge < -0.3 is 11.1 Å². The maximum absolute atomic E-state index is 13.0. The van der Waals surface area contributed by atoms with E-state index in [-0.39, 0.29) is 23.7 Å². The second-order valence-corrected chi connectivity index (χ2v) is 5.06. The van der Waals surface area contributed by atoms with Gasteiger partial charge in [0, 0.05) is 17.6 Å². The number of nitrogens with two attached hydrogens (primary N) is 1. The maximum atomic E-state index is 13.0. The van der Waals surface area contributed by atoms with E-state index in [4.69, 9.17) is 5.73 Å². The van der Waals surface area contributed by atoms with E-state index in [1.165, 1.54) is 12.1 Å². The highest BCUT2D eigenvalue weighted by molar-refractivity contribution is 5.93. The number of halogens is 1. The van der Waals surface area contributed by atoms with Gasteiger partial charge in [-0.3, -0.25) is 4.79 Å². The second kappa shape index (κ2) is 5.48. The highest BCUT2D eigenvalue weighted by Crippen LogP contribution is 2.25. The molecule has 0 heterocycles. The van der Waals surface area contributed by atoms with Gasteiger partial charge in [-0.1, -0.05) is 0 Å². The number of rotatable bonds is 2. The Kier molecular flexibility index (Phi) is 3.97. The van der Waals surface area contributed by atoms with E-state index in [1.807, 2.05) is 0 Å². The Hall–Kier alpha value is -1.42. The van der Waals surface area contributed by atoms with Crippen molar-refractivity contribution in [2.75, 3.05) is 5.32 Å². The van der Waals surface area contributed by atoms with E-state index in [1.54, 1.807) is 13.0 Å². The van der Waals surface area contributed by atoms with Crippen LogP contribution in [0, 0.1) is 18.7 Å². The van der Waals surface area contributed by atoms with Crippen molar-refractivity contribution in [2.24, 2.45) is 11.7 Å². The molecule has 0 atom stereocenters. The fraction of sp³-hybridized carbons (Fsp3) is 0.500. The zero-order chi connectivity index (χ0) is 13.1. The van der Waals surface area contributed by atoms with E-state index in [2.05, 4.69) is 5.32 Å². The van der Waals surface area contributed by atoms with Gasteiger partial charge in [-0.15, -0.1) is 0 Å². The minimum atomic E-state index is -0.283.